The highest BCUT2D eigenvalue weighted by atomic mass is 32.1. The number of anilines is 1. The molecule has 1 heterocycles. The predicted molar refractivity (Wildman–Crippen MR) is 77.2 cm³/mol. The first-order valence-corrected chi connectivity index (χ1v) is 7.48. The van der Waals surface area contributed by atoms with Crippen molar-refractivity contribution in [3.63, 3.8) is 0 Å². The first-order chi connectivity index (χ1) is 8.83. The van der Waals surface area contributed by atoms with Gasteiger partial charge in [-0.15, -0.1) is 11.3 Å². The van der Waals surface area contributed by atoms with Crippen LogP contribution in [0.15, 0.2) is 29.8 Å². The van der Waals surface area contributed by atoms with Crippen molar-refractivity contribution in [1.29, 1.82) is 0 Å². The summed E-state index contributed by atoms with van der Waals surface area (Å²) in [5, 5.41) is 6.45. The van der Waals surface area contributed by atoms with Crippen LogP contribution in [0.4, 0.5) is 5.13 Å². The Morgan fingerprint density at radius 3 is 2.83 bits per heavy atom. The van der Waals surface area contributed by atoms with E-state index in [4.69, 9.17) is 0 Å². The van der Waals surface area contributed by atoms with Crippen LogP contribution in [-0.2, 0) is 12.8 Å². The fraction of sp³-hybridized carbons (Fsp3) is 0.400. The van der Waals surface area contributed by atoms with Gasteiger partial charge in [0.2, 0.25) is 0 Å². The Morgan fingerprint density at radius 1 is 1.22 bits per heavy atom. The molecule has 1 atom stereocenters. The lowest BCUT2D eigenvalue weighted by molar-refractivity contribution is 0.683. The number of nitrogens with one attached hydrogen (secondary N) is 1. The molecular formula is C15H18N2S. The lowest BCUT2D eigenvalue weighted by atomic mass is 9.89. The molecule has 3 rings (SSSR count). The Kier molecular flexibility index (Phi) is 3.33. The van der Waals surface area contributed by atoms with Gasteiger partial charge in [-0.25, -0.2) is 4.98 Å². The molecule has 1 aliphatic carbocycles. The molecular weight excluding hydrogens is 240 g/mol. The lowest BCUT2D eigenvalue weighted by Gasteiger charge is -2.19. The van der Waals surface area contributed by atoms with Crippen LogP contribution in [0, 0.1) is 0 Å². The van der Waals surface area contributed by atoms with E-state index in [-0.39, 0.29) is 0 Å². The number of fused-ring (bicyclic) bond motifs is 1. The van der Waals surface area contributed by atoms with Crippen molar-refractivity contribution in [2.75, 3.05) is 5.32 Å². The Morgan fingerprint density at radius 2 is 2.06 bits per heavy atom. The summed E-state index contributed by atoms with van der Waals surface area (Å²) in [6, 6.07) is 7.27. The zero-order valence-electron chi connectivity index (χ0n) is 10.6. The zero-order chi connectivity index (χ0) is 12.4. The van der Waals surface area contributed by atoms with Crippen LogP contribution in [0.25, 0.3) is 0 Å². The minimum absolute atomic E-state index is 0.323. The third-order valence-corrected chi connectivity index (χ3v) is 4.35. The van der Waals surface area contributed by atoms with Crippen LogP contribution in [0.5, 0.6) is 0 Å². The number of rotatable bonds is 3. The summed E-state index contributed by atoms with van der Waals surface area (Å²) in [5.41, 5.74) is 4.46. The number of hydrogen-bond donors (Lipinski definition) is 1. The van der Waals surface area contributed by atoms with E-state index in [0.29, 0.717) is 6.04 Å². The highest BCUT2D eigenvalue weighted by molar-refractivity contribution is 7.13. The molecule has 0 saturated heterocycles. The van der Waals surface area contributed by atoms with Crippen LogP contribution in [0.2, 0.25) is 0 Å². The number of benzene rings is 1. The van der Waals surface area contributed by atoms with Crippen molar-refractivity contribution in [3.05, 3.63) is 46.5 Å². The van der Waals surface area contributed by atoms with E-state index in [1.54, 1.807) is 22.5 Å². The fourth-order valence-corrected chi connectivity index (χ4v) is 3.20. The highest BCUT2D eigenvalue weighted by Gasteiger charge is 2.12. The second-order valence-corrected chi connectivity index (χ2v) is 5.83. The number of thiazole rings is 1. The average molecular weight is 258 g/mol. The van der Waals surface area contributed by atoms with Crippen molar-refractivity contribution < 1.29 is 0 Å². The fourth-order valence-electron chi connectivity index (χ4n) is 2.59. The molecule has 2 aromatic rings. The van der Waals surface area contributed by atoms with Gasteiger partial charge in [0.15, 0.2) is 5.13 Å². The Hall–Kier alpha value is -1.35. The SMILES string of the molecule is C[C@@H](Nc1nccs1)c1ccc2c(c1)CCCC2. The molecule has 1 aromatic heterocycles. The number of aromatic nitrogens is 1. The molecule has 3 heteroatoms. The molecule has 0 unspecified atom stereocenters. The quantitative estimate of drug-likeness (QED) is 0.892. The van der Waals surface area contributed by atoms with Crippen LogP contribution in [0.3, 0.4) is 0 Å². The Labute approximate surface area is 112 Å². The maximum atomic E-state index is 4.28. The third-order valence-electron chi connectivity index (χ3n) is 3.64. The number of aryl methyl sites for hydroxylation is 2. The molecule has 1 N–H and O–H groups in total. The van der Waals surface area contributed by atoms with Crippen molar-refractivity contribution >= 4 is 16.5 Å². The zero-order valence-corrected chi connectivity index (χ0v) is 11.5. The lowest BCUT2D eigenvalue weighted by Crippen LogP contribution is -2.09. The van der Waals surface area contributed by atoms with Crippen molar-refractivity contribution in [1.82, 2.24) is 4.98 Å². The smallest absolute Gasteiger partial charge is 0.183 e. The van der Waals surface area contributed by atoms with Gasteiger partial charge in [0.05, 0.1) is 6.04 Å². The van der Waals surface area contributed by atoms with Crippen molar-refractivity contribution in [2.24, 2.45) is 0 Å². The molecule has 0 amide bonds. The summed E-state index contributed by atoms with van der Waals surface area (Å²) in [4.78, 5) is 4.28. The van der Waals surface area contributed by atoms with E-state index in [0.717, 1.165) is 5.13 Å². The molecule has 1 aromatic carbocycles. The summed E-state index contributed by atoms with van der Waals surface area (Å²) in [6.07, 6.45) is 7.02. The molecule has 0 spiro atoms. The van der Waals surface area contributed by atoms with E-state index >= 15 is 0 Å². The van der Waals surface area contributed by atoms with Crippen LogP contribution in [-0.4, -0.2) is 4.98 Å². The number of hydrogen-bond acceptors (Lipinski definition) is 3. The van der Waals surface area contributed by atoms with Gasteiger partial charge in [0.1, 0.15) is 0 Å². The van der Waals surface area contributed by atoms with Crippen molar-refractivity contribution in [3.8, 4) is 0 Å². The minimum Gasteiger partial charge on any atom is -0.355 e. The molecule has 0 bridgehead atoms. The van der Waals surface area contributed by atoms with Crippen LogP contribution in [0.1, 0.15) is 42.5 Å². The predicted octanol–water partition coefficient (Wildman–Crippen LogP) is 4.20. The summed E-state index contributed by atoms with van der Waals surface area (Å²) in [7, 11) is 0. The molecule has 2 nitrogen and oxygen atoms in total. The van der Waals surface area contributed by atoms with Gasteiger partial charge < -0.3 is 5.32 Å². The van der Waals surface area contributed by atoms with Gasteiger partial charge in [-0.05, 0) is 49.3 Å². The first kappa shape index (κ1) is 11.7. The molecule has 0 radical (unpaired) electrons. The Bertz CT molecular complexity index is 519. The van der Waals surface area contributed by atoms with Crippen molar-refractivity contribution in [2.45, 2.75) is 38.6 Å². The van der Waals surface area contributed by atoms with Gasteiger partial charge >= 0.3 is 0 Å². The summed E-state index contributed by atoms with van der Waals surface area (Å²) in [5.74, 6) is 0. The maximum Gasteiger partial charge on any atom is 0.183 e. The van der Waals surface area contributed by atoms with Gasteiger partial charge in [-0.3, -0.25) is 0 Å². The number of nitrogens with zero attached hydrogens (tertiary/aromatic N) is 1. The van der Waals surface area contributed by atoms with Gasteiger partial charge in [-0.2, -0.15) is 0 Å². The highest BCUT2D eigenvalue weighted by Crippen LogP contribution is 2.26. The second kappa shape index (κ2) is 5.11. The largest absolute Gasteiger partial charge is 0.355 e. The maximum absolute atomic E-state index is 4.28. The molecule has 0 aliphatic heterocycles. The monoisotopic (exact) mass is 258 g/mol. The molecule has 94 valence electrons. The van der Waals surface area contributed by atoms with Crippen LogP contribution < -0.4 is 5.32 Å². The summed E-state index contributed by atoms with van der Waals surface area (Å²) in [6.45, 7) is 2.20. The van der Waals surface area contributed by atoms with E-state index < -0.39 is 0 Å². The molecule has 0 saturated carbocycles. The second-order valence-electron chi connectivity index (χ2n) is 4.94. The standard InChI is InChI=1S/C15H18N2S/c1-11(17-15-16-8-9-18-15)13-7-6-12-4-2-3-5-14(12)10-13/h6-11H,2-5H2,1H3,(H,16,17)/t11-/m1/s1. The molecule has 18 heavy (non-hydrogen) atoms. The van der Waals surface area contributed by atoms with Gasteiger partial charge in [0, 0.05) is 11.6 Å². The van der Waals surface area contributed by atoms with E-state index in [2.05, 4.69) is 35.4 Å². The normalized spacial score (nSPS) is 16.1. The van der Waals surface area contributed by atoms with Crippen LogP contribution >= 0.6 is 11.3 Å². The summed E-state index contributed by atoms with van der Waals surface area (Å²) < 4.78 is 0. The topological polar surface area (TPSA) is 24.9 Å². The van der Waals surface area contributed by atoms with E-state index in [9.17, 15) is 0 Å². The Balaban J connectivity index is 1.79. The molecule has 1 aliphatic rings. The summed E-state index contributed by atoms with van der Waals surface area (Å²) >= 11 is 1.65. The van der Waals surface area contributed by atoms with Gasteiger partial charge in [0.25, 0.3) is 0 Å². The third kappa shape index (κ3) is 2.41. The average Bonchev–Trinajstić information content (AvgIpc) is 2.91. The first-order valence-electron chi connectivity index (χ1n) is 6.60. The van der Waals surface area contributed by atoms with Gasteiger partial charge in [-0.1, -0.05) is 18.2 Å². The minimum atomic E-state index is 0.323. The van der Waals surface area contributed by atoms with E-state index in [1.807, 2.05) is 11.6 Å². The van der Waals surface area contributed by atoms with E-state index in [1.165, 1.54) is 31.2 Å². The molecule has 0 fully saturated rings.